The standard InChI is InChI=1S/C27H36N6O3S/c1-20-5-11-26(28-17-20)30-24-13-14-33(19-25(24)34)37(35,36)23-9-6-21(7-10-23)22-8-12-27(29-18-22)32(4)16-15-31(2)3/h5-12,17-18,24-25,34H,13-16,19H2,1-4H3,(H,28,30)/t24-,25+/m1/s1. The summed E-state index contributed by atoms with van der Waals surface area (Å²) in [7, 11) is 2.37. The summed E-state index contributed by atoms with van der Waals surface area (Å²) in [4.78, 5) is 13.3. The SMILES string of the molecule is Cc1ccc(N[C@@H]2CCN(S(=O)(=O)c3ccc(-c4ccc(N(C)CCN(C)C)nc4)cc3)C[C@@H]2O)nc1. The molecule has 3 heterocycles. The van der Waals surface area contributed by atoms with Crippen LogP contribution < -0.4 is 10.2 Å². The maximum Gasteiger partial charge on any atom is 0.243 e. The van der Waals surface area contributed by atoms with Gasteiger partial charge >= 0.3 is 0 Å². The third-order valence-electron chi connectivity index (χ3n) is 6.64. The Morgan fingerprint density at radius 3 is 2.30 bits per heavy atom. The molecule has 10 heteroatoms. The first-order chi connectivity index (χ1) is 17.6. The van der Waals surface area contributed by atoms with Crippen LogP contribution in [0.1, 0.15) is 12.0 Å². The average molecular weight is 525 g/mol. The van der Waals surface area contributed by atoms with Gasteiger partial charge in [0, 0.05) is 51.2 Å². The van der Waals surface area contributed by atoms with Gasteiger partial charge in [0.15, 0.2) is 0 Å². The number of aliphatic hydroxyl groups excluding tert-OH is 1. The molecule has 0 radical (unpaired) electrons. The zero-order chi connectivity index (χ0) is 26.6. The molecule has 37 heavy (non-hydrogen) atoms. The lowest BCUT2D eigenvalue weighted by molar-refractivity contribution is 0.0949. The number of piperidine rings is 1. The van der Waals surface area contributed by atoms with Crippen molar-refractivity contribution in [1.29, 1.82) is 0 Å². The number of anilines is 2. The maximum absolute atomic E-state index is 13.3. The van der Waals surface area contributed by atoms with Gasteiger partial charge in [0.2, 0.25) is 10.0 Å². The van der Waals surface area contributed by atoms with Crippen molar-refractivity contribution in [2.45, 2.75) is 30.4 Å². The van der Waals surface area contributed by atoms with Gasteiger partial charge in [-0.25, -0.2) is 18.4 Å². The van der Waals surface area contributed by atoms with Crippen LogP contribution in [0, 0.1) is 6.92 Å². The Morgan fingerprint density at radius 1 is 0.973 bits per heavy atom. The fraction of sp³-hybridized carbons (Fsp3) is 0.407. The number of β-amino-alcohol motifs (C(OH)–C–C–N with tert-alkyl or cyclic N) is 1. The highest BCUT2D eigenvalue weighted by Gasteiger charge is 2.34. The van der Waals surface area contributed by atoms with Crippen LogP contribution in [-0.4, -0.2) is 92.2 Å². The third-order valence-corrected chi connectivity index (χ3v) is 8.52. The van der Waals surface area contributed by atoms with Crippen LogP contribution in [0.15, 0.2) is 65.8 Å². The summed E-state index contributed by atoms with van der Waals surface area (Å²) >= 11 is 0. The van der Waals surface area contributed by atoms with Crippen molar-refractivity contribution in [3.8, 4) is 11.1 Å². The summed E-state index contributed by atoms with van der Waals surface area (Å²) in [6, 6.07) is 14.3. The van der Waals surface area contributed by atoms with Crippen molar-refractivity contribution in [2.24, 2.45) is 0 Å². The smallest absolute Gasteiger partial charge is 0.243 e. The molecule has 2 aromatic heterocycles. The molecule has 1 aromatic carbocycles. The Hall–Kier alpha value is -3.05. The number of hydrogen-bond donors (Lipinski definition) is 2. The van der Waals surface area contributed by atoms with E-state index in [9.17, 15) is 13.5 Å². The zero-order valence-electron chi connectivity index (χ0n) is 21.9. The van der Waals surface area contributed by atoms with E-state index >= 15 is 0 Å². The van der Waals surface area contributed by atoms with Crippen molar-refractivity contribution >= 4 is 21.7 Å². The van der Waals surface area contributed by atoms with Crippen LogP contribution in [0.25, 0.3) is 11.1 Å². The maximum atomic E-state index is 13.3. The van der Waals surface area contributed by atoms with E-state index in [0.29, 0.717) is 18.8 Å². The molecule has 198 valence electrons. The number of benzene rings is 1. The van der Waals surface area contributed by atoms with Crippen LogP contribution in [-0.2, 0) is 10.0 Å². The van der Waals surface area contributed by atoms with Crippen molar-refractivity contribution in [2.75, 3.05) is 57.5 Å². The minimum absolute atomic E-state index is 0.0281. The summed E-state index contributed by atoms with van der Waals surface area (Å²) in [6.45, 7) is 4.11. The van der Waals surface area contributed by atoms with E-state index in [2.05, 4.69) is 25.1 Å². The van der Waals surface area contributed by atoms with Crippen LogP contribution >= 0.6 is 0 Å². The van der Waals surface area contributed by atoms with Crippen LogP contribution in [0.3, 0.4) is 0 Å². The van der Waals surface area contributed by atoms with E-state index in [4.69, 9.17) is 0 Å². The minimum atomic E-state index is -3.72. The molecule has 0 amide bonds. The number of aromatic nitrogens is 2. The predicted octanol–water partition coefficient (Wildman–Crippen LogP) is 2.69. The van der Waals surface area contributed by atoms with Gasteiger partial charge in [-0.1, -0.05) is 18.2 Å². The summed E-state index contributed by atoms with van der Waals surface area (Å²) in [5.74, 6) is 1.56. The Bertz CT molecular complexity index is 1270. The highest BCUT2D eigenvalue weighted by molar-refractivity contribution is 7.89. The Labute approximate surface area is 219 Å². The molecule has 3 aromatic rings. The predicted molar refractivity (Wildman–Crippen MR) is 147 cm³/mol. The Kier molecular flexibility index (Phi) is 8.43. The molecule has 1 aliphatic rings. The second-order valence-corrected chi connectivity index (χ2v) is 11.8. The quantitative estimate of drug-likeness (QED) is 0.441. The van der Waals surface area contributed by atoms with Gasteiger partial charge in [-0.15, -0.1) is 0 Å². The largest absolute Gasteiger partial charge is 0.390 e. The Morgan fingerprint density at radius 2 is 1.70 bits per heavy atom. The first-order valence-corrected chi connectivity index (χ1v) is 13.9. The van der Waals surface area contributed by atoms with Crippen molar-refractivity contribution < 1.29 is 13.5 Å². The highest BCUT2D eigenvalue weighted by Crippen LogP contribution is 2.26. The van der Waals surface area contributed by atoms with Crippen molar-refractivity contribution in [1.82, 2.24) is 19.2 Å². The minimum Gasteiger partial charge on any atom is -0.390 e. The molecule has 1 fully saturated rings. The molecule has 0 aliphatic carbocycles. The number of sulfonamides is 1. The van der Waals surface area contributed by atoms with Crippen molar-refractivity contribution in [3.05, 3.63) is 66.5 Å². The molecule has 1 aliphatic heterocycles. The first-order valence-electron chi connectivity index (χ1n) is 12.4. The van der Waals surface area contributed by atoms with E-state index in [1.54, 1.807) is 30.5 Å². The molecule has 0 unspecified atom stereocenters. The van der Waals surface area contributed by atoms with E-state index in [-0.39, 0.29) is 17.5 Å². The summed E-state index contributed by atoms with van der Waals surface area (Å²) in [6.07, 6.45) is 3.20. The van der Waals surface area contributed by atoms with Gasteiger partial charge in [-0.05, 0) is 68.9 Å². The van der Waals surface area contributed by atoms with Gasteiger partial charge in [0.1, 0.15) is 11.6 Å². The molecule has 4 rings (SSSR count). The van der Waals surface area contributed by atoms with Gasteiger partial charge in [-0.2, -0.15) is 4.31 Å². The topological polar surface area (TPSA) is 102 Å². The highest BCUT2D eigenvalue weighted by atomic mass is 32.2. The van der Waals surface area contributed by atoms with Crippen LogP contribution in [0.2, 0.25) is 0 Å². The molecule has 9 nitrogen and oxygen atoms in total. The number of aliphatic hydroxyl groups is 1. The molecule has 1 saturated heterocycles. The number of hydrogen-bond acceptors (Lipinski definition) is 8. The normalized spacial score (nSPS) is 18.6. The van der Waals surface area contributed by atoms with Gasteiger partial charge < -0.3 is 20.2 Å². The van der Waals surface area contributed by atoms with E-state index < -0.39 is 16.1 Å². The second-order valence-electron chi connectivity index (χ2n) is 9.84. The van der Waals surface area contributed by atoms with Crippen LogP contribution in [0.4, 0.5) is 11.6 Å². The third kappa shape index (κ3) is 6.64. The molecule has 2 N–H and O–H groups in total. The summed E-state index contributed by atoms with van der Waals surface area (Å²) in [5, 5.41) is 13.9. The first kappa shape index (κ1) is 27.0. The summed E-state index contributed by atoms with van der Waals surface area (Å²) < 4.78 is 27.9. The van der Waals surface area contributed by atoms with Crippen LogP contribution in [0.5, 0.6) is 0 Å². The number of likely N-dealkylation sites (N-methyl/N-ethyl adjacent to an activating group) is 2. The Balaban J connectivity index is 1.39. The summed E-state index contributed by atoms with van der Waals surface area (Å²) in [5.41, 5.74) is 2.86. The van der Waals surface area contributed by atoms with E-state index in [1.165, 1.54) is 4.31 Å². The fourth-order valence-corrected chi connectivity index (χ4v) is 5.72. The van der Waals surface area contributed by atoms with Gasteiger partial charge in [-0.3, -0.25) is 0 Å². The second kappa shape index (κ2) is 11.6. The molecular weight excluding hydrogens is 488 g/mol. The monoisotopic (exact) mass is 524 g/mol. The van der Waals surface area contributed by atoms with E-state index in [1.807, 2.05) is 58.5 Å². The molecule has 2 atom stereocenters. The zero-order valence-corrected chi connectivity index (χ0v) is 22.7. The molecular formula is C27H36N6O3S. The fourth-order valence-electron chi connectivity index (χ4n) is 4.25. The van der Waals surface area contributed by atoms with Gasteiger partial charge in [0.05, 0.1) is 17.0 Å². The number of rotatable bonds is 9. The molecule has 0 bridgehead atoms. The van der Waals surface area contributed by atoms with E-state index in [0.717, 1.165) is 35.6 Å². The number of aryl methyl sites for hydroxylation is 1. The average Bonchev–Trinajstić information content (AvgIpc) is 2.89. The number of nitrogens with one attached hydrogen (secondary N) is 1. The molecule has 0 saturated carbocycles. The molecule has 0 spiro atoms. The number of nitrogens with zero attached hydrogens (tertiary/aromatic N) is 5. The lowest BCUT2D eigenvalue weighted by Crippen LogP contribution is -2.51. The lowest BCUT2D eigenvalue weighted by Gasteiger charge is -2.35. The van der Waals surface area contributed by atoms with Crippen molar-refractivity contribution in [3.63, 3.8) is 0 Å². The van der Waals surface area contributed by atoms with Gasteiger partial charge in [0.25, 0.3) is 0 Å². The number of pyridine rings is 2. The lowest BCUT2D eigenvalue weighted by atomic mass is 10.0.